The van der Waals surface area contributed by atoms with Crippen LogP contribution in [0.1, 0.15) is 37.0 Å². The van der Waals surface area contributed by atoms with E-state index in [1.54, 1.807) is 24.3 Å². The van der Waals surface area contributed by atoms with Crippen molar-refractivity contribution < 1.29 is 18.0 Å². The lowest BCUT2D eigenvalue weighted by Gasteiger charge is -2.41. The number of nitriles is 1. The first kappa shape index (κ1) is 22.4. The van der Waals surface area contributed by atoms with E-state index in [4.69, 9.17) is 21.7 Å². The van der Waals surface area contributed by atoms with E-state index in [1.165, 1.54) is 12.1 Å². The monoisotopic (exact) mass is 437 g/mol. The van der Waals surface area contributed by atoms with Crippen LogP contribution in [0.3, 0.4) is 0 Å². The average Bonchev–Trinajstić information content (AvgIpc) is 2.71. The van der Waals surface area contributed by atoms with Gasteiger partial charge >= 0.3 is 6.18 Å². The van der Waals surface area contributed by atoms with Crippen molar-refractivity contribution in [2.45, 2.75) is 45.1 Å². The maximum atomic E-state index is 13.6. The summed E-state index contributed by atoms with van der Waals surface area (Å²) in [5.41, 5.74) is 0.536. The van der Waals surface area contributed by atoms with Crippen molar-refractivity contribution in [3.63, 3.8) is 0 Å². The lowest BCUT2D eigenvalue weighted by Crippen LogP contribution is -2.50. The summed E-state index contributed by atoms with van der Waals surface area (Å²) in [5, 5.41) is 11.3. The minimum Gasteiger partial charge on any atom is -0.363 e. The molecular weight excluding hydrogens is 415 g/mol. The second-order valence-electron chi connectivity index (χ2n) is 7.53. The van der Waals surface area contributed by atoms with Crippen LogP contribution in [-0.2, 0) is 17.6 Å². The fraction of sp³-hybridized carbons (Fsp3) is 0.409. The summed E-state index contributed by atoms with van der Waals surface area (Å²) >= 11 is 6.23. The summed E-state index contributed by atoms with van der Waals surface area (Å²) < 4.78 is 40.7. The molecule has 0 saturated carbocycles. The molecule has 1 saturated heterocycles. The van der Waals surface area contributed by atoms with Gasteiger partial charge in [-0.15, -0.1) is 0 Å². The van der Waals surface area contributed by atoms with E-state index in [0.29, 0.717) is 30.8 Å². The van der Waals surface area contributed by atoms with Crippen molar-refractivity contribution in [3.05, 3.63) is 64.2 Å². The van der Waals surface area contributed by atoms with Crippen LogP contribution >= 0.6 is 11.6 Å². The molecule has 1 atom stereocenters. The van der Waals surface area contributed by atoms with Crippen LogP contribution in [0.5, 0.6) is 0 Å². The second-order valence-corrected chi connectivity index (χ2v) is 7.94. The molecule has 8 heteroatoms. The highest BCUT2D eigenvalue weighted by atomic mass is 35.5. The maximum Gasteiger partial charge on any atom is 0.416 e. The van der Waals surface area contributed by atoms with Gasteiger partial charge in [0.2, 0.25) is 0 Å². The zero-order valence-electron chi connectivity index (χ0n) is 16.8. The van der Waals surface area contributed by atoms with Crippen LogP contribution in [0.15, 0.2) is 42.5 Å². The molecule has 2 aromatic carbocycles. The molecule has 3 rings (SSSR count). The Labute approximate surface area is 179 Å². The second kappa shape index (κ2) is 9.25. The number of nitrogens with zero attached hydrogens (tertiary/aromatic N) is 3. The zero-order valence-corrected chi connectivity index (χ0v) is 17.5. The van der Waals surface area contributed by atoms with E-state index < -0.39 is 11.7 Å². The summed E-state index contributed by atoms with van der Waals surface area (Å²) in [6.07, 6.45) is -3.78. The van der Waals surface area contributed by atoms with Crippen molar-refractivity contribution in [1.82, 2.24) is 5.06 Å². The van der Waals surface area contributed by atoms with E-state index in [2.05, 4.69) is 0 Å². The van der Waals surface area contributed by atoms with Crippen LogP contribution < -0.4 is 4.90 Å². The van der Waals surface area contributed by atoms with Crippen molar-refractivity contribution in [2.24, 2.45) is 0 Å². The summed E-state index contributed by atoms with van der Waals surface area (Å²) in [6.45, 7) is 5.09. The highest BCUT2D eigenvalue weighted by Crippen LogP contribution is 2.35. The number of halogens is 4. The molecule has 30 heavy (non-hydrogen) atoms. The fourth-order valence-electron chi connectivity index (χ4n) is 3.59. The smallest absolute Gasteiger partial charge is 0.363 e. The van der Waals surface area contributed by atoms with E-state index >= 15 is 0 Å². The van der Waals surface area contributed by atoms with Gasteiger partial charge in [0.05, 0.1) is 22.8 Å². The zero-order chi connectivity index (χ0) is 21.9. The molecule has 0 amide bonds. The van der Waals surface area contributed by atoms with Gasteiger partial charge in [-0.25, -0.2) is 0 Å². The number of hydrogen-bond acceptors (Lipinski definition) is 4. The first-order valence-electron chi connectivity index (χ1n) is 9.71. The summed E-state index contributed by atoms with van der Waals surface area (Å²) in [4.78, 5) is 7.63. The van der Waals surface area contributed by atoms with Crippen LogP contribution in [-0.4, -0.2) is 30.3 Å². The Hall–Kier alpha value is -2.27. The molecule has 0 aromatic heterocycles. The third kappa shape index (κ3) is 5.07. The fourth-order valence-corrected chi connectivity index (χ4v) is 3.81. The normalized spacial score (nSPS) is 17.7. The molecule has 0 unspecified atom stereocenters. The Morgan fingerprint density at radius 3 is 2.63 bits per heavy atom. The Bertz CT molecular complexity index is 927. The molecule has 2 aromatic rings. The lowest BCUT2D eigenvalue weighted by atomic mass is 10.0. The molecule has 0 aliphatic carbocycles. The van der Waals surface area contributed by atoms with E-state index in [-0.39, 0.29) is 29.2 Å². The third-order valence-electron chi connectivity index (χ3n) is 5.18. The quantitative estimate of drug-likeness (QED) is 0.605. The van der Waals surface area contributed by atoms with Crippen molar-refractivity contribution in [1.29, 1.82) is 5.26 Å². The molecule has 1 heterocycles. The van der Waals surface area contributed by atoms with Crippen molar-refractivity contribution in [2.75, 3.05) is 18.1 Å². The molecule has 4 nitrogen and oxygen atoms in total. The molecule has 0 bridgehead atoms. The highest BCUT2D eigenvalue weighted by Gasteiger charge is 2.35. The molecule has 1 aliphatic rings. The Balaban J connectivity index is 2.01. The minimum absolute atomic E-state index is 0.0640. The Morgan fingerprint density at radius 2 is 2.00 bits per heavy atom. The molecule has 0 radical (unpaired) electrons. The van der Waals surface area contributed by atoms with Gasteiger partial charge in [0.1, 0.15) is 6.07 Å². The lowest BCUT2D eigenvalue weighted by molar-refractivity contribution is -0.203. The van der Waals surface area contributed by atoms with Crippen LogP contribution in [0, 0.1) is 11.3 Å². The number of hydrogen-bond donors (Lipinski definition) is 0. The van der Waals surface area contributed by atoms with Gasteiger partial charge in [-0.05, 0) is 50.1 Å². The van der Waals surface area contributed by atoms with Crippen molar-refractivity contribution in [3.8, 4) is 6.07 Å². The average molecular weight is 438 g/mol. The Kier molecular flexibility index (Phi) is 6.91. The van der Waals surface area contributed by atoms with Crippen LogP contribution in [0.4, 0.5) is 18.9 Å². The predicted octanol–water partition coefficient (Wildman–Crippen LogP) is 5.65. The van der Waals surface area contributed by atoms with E-state index in [9.17, 15) is 13.2 Å². The van der Waals surface area contributed by atoms with Gasteiger partial charge in [-0.3, -0.25) is 4.84 Å². The van der Waals surface area contributed by atoms with E-state index in [0.717, 1.165) is 6.07 Å². The first-order chi connectivity index (χ1) is 14.2. The van der Waals surface area contributed by atoms with Gasteiger partial charge in [0, 0.05) is 30.9 Å². The van der Waals surface area contributed by atoms with Gasteiger partial charge in [0.15, 0.2) is 0 Å². The van der Waals surface area contributed by atoms with E-state index in [1.807, 2.05) is 29.9 Å². The minimum atomic E-state index is -4.44. The largest absolute Gasteiger partial charge is 0.416 e. The van der Waals surface area contributed by atoms with Gasteiger partial charge in [-0.1, -0.05) is 29.8 Å². The van der Waals surface area contributed by atoms with Crippen LogP contribution in [0.25, 0.3) is 0 Å². The van der Waals surface area contributed by atoms with Gasteiger partial charge < -0.3 is 4.90 Å². The molecular formula is C22H23ClF3N3O. The van der Waals surface area contributed by atoms with Gasteiger partial charge in [0.25, 0.3) is 0 Å². The standard InChI is InChI=1S/C22H23ClF3N3O/c1-15(2)29-14-19(9-10-30-29)28(18-8-7-16(12-27)21(23)11-18)13-17-5-3-4-6-20(17)22(24,25)26/h3-8,11,15,19H,9-10,13-14H2,1-2H3/t19-/m0/s1. The molecule has 1 aliphatic heterocycles. The number of anilines is 1. The van der Waals surface area contributed by atoms with Crippen molar-refractivity contribution >= 4 is 17.3 Å². The number of alkyl halides is 3. The summed E-state index contributed by atoms with van der Waals surface area (Å²) in [5.74, 6) is 0. The molecule has 0 N–H and O–H groups in total. The molecule has 0 spiro atoms. The third-order valence-corrected chi connectivity index (χ3v) is 5.50. The predicted molar refractivity (Wildman–Crippen MR) is 110 cm³/mol. The van der Waals surface area contributed by atoms with Crippen LogP contribution in [0.2, 0.25) is 5.02 Å². The Morgan fingerprint density at radius 1 is 1.27 bits per heavy atom. The SMILES string of the molecule is CC(C)N1C[C@@H](N(Cc2ccccc2C(F)(F)F)c2ccc(C#N)c(Cl)c2)CCO1. The topological polar surface area (TPSA) is 39.5 Å². The number of hydroxylamine groups is 2. The summed E-state index contributed by atoms with van der Waals surface area (Å²) in [6, 6.07) is 12.7. The first-order valence-corrected chi connectivity index (χ1v) is 10.1. The number of rotatable bonds is 5. The molecule has 1 fully saturated rings. The van der Waals surface area contributed by atoms with Gasteiger partial charge in [-0.2, -0.15) is 23.5 Å². The highest BCUT2D eigenvalue weighted by molar-refractivity contribution is 6.32. The number of benzene rings is 2. The maximum absolute atomic E-state index is 13.6. The molecule has 160 valence electrons. The summed E-state index contributed by atoms with van der Waals surface area (Å²) in [7, 11) is 0.